The number of furan rings is 1. The Balaban J connectivity index is 1.54. The van der Waals surface area contributed by atoms with Gasteiger partial charge < -0.3 is 18.1 Å². The Labute approximate surface area is 150 Å². The van der Waals surface area contributed by atoms with Gasteiger partial charge in [0.05, 0.1) is 12.9 Å². The van der Waals surface area contributed by atoms with Gasteiger partial charge in [-0.1, -0.05) is 11.8 Å². The van der Waals surface area contributed by atoms with E-state index in [0.29, 0.717) is 35.6 Å². The first-order valence-electron chi connectivity index (χ1n) is 7.47. The number of methoxy groups -OCH3 is 1. The van der Waals surface area contributed by atoms with Gasteiger partial charge in [-0.25, -0.2) is 9.59 Å². The van der Waals surface area contributed by atoms with Crippen LogP contribution in [0.2, 0.25) is 0 Å². The average Bonchev–Trinajstić information content (AvgIpc) is 3.28. The molecular weight excluding hydrogens is 364 g/mol. The largest absolute Gasteiger partial charge is 0.463 e. The van der Waals surface area contributed by atoms with Gasteiger partial charge in [-0.15, -0.1) is 10.2 Å². The molecule has 0 aromatic carbocycles. The zero-order chi connectivity index (χ0) is 18.5. The molecule has 0 atom stereocenters. The molecule has 0 aliphatic heterocycles. The van der Waals surface area contributed by atoms with E-state index in [0.717, 1.165) is 0 Å². The molecule has 3 heterocycles. The van der Waals surface area contributed by atoms with Gasteiger partial charge in [0.2, 0.25) is 11.7 Å². The Morgan fingerprint density at radius 1 is 1.27 bits per heavy atom. The zero-order valence-electron chi connectivity index (χ0n) is 13.6. The lowest BCUT2D eigenvalue weighted by Gasteiger charge is -2.00. The molecule has 0 amide bonds. The fourth-order valence-electron chi connectivity index (χ4n) is 2.03. The molecule has 11 heteroatoms. The van der Waals surface area contributed by atoms with Gasteiger partial charge in [-0.2, -0.15) is 0 Å². The fourth-order valence-corrected chi connectivity index (χ4v) is 2.71. The lowest BCUT2D eigenvalue weighted by Crippen LogP contribution is -2.29. The highest BCUT2D eigenvalue weighted by molar-refractivity contribution is 7.98. The Kier molecular flexibility index (Phi) is 5.37. The van der Waals surface area contributed by atoms with E-state index in [1.165, 1.54) is 41.8 Å². The van der Waals surface area contributed by atoms with Crippen molar-refractivity contribution in [3.05, 3.63) is 62.6 Å². The molecule has 0 aliphatic rings. The van der Waals surface area contributed by atoms with Crippen molar-refractivity contribution >= 4 is 17.7 Å². The van der Waals surface area contributed by atoms with Crippen molar-refractivity contribution < 1.29 is 18.4 Å². The van der Waals surface area contributed by atoms with Crippen LogP contribution in [0.3, 0.4) is 0 Å². The van der Waals surface area contributed by atoms with Crippen LogP contribution in [0.5, 0.6) is 0 Å². The maximum atomic E-state index is 11.6. The first kappa shape index (κ1) is 17.7. The molecule has 10 nitrogen and oxygen atoms in total. The number of carbonyl (C=O) groups is 1. The summed E-state index contributed by atoms with van der Waals surface area (Å²) in [6.07, 6.45) is 1.75. The summed E-state index contributed by atoms with van der Waals surface area (Å²) in [5.74, 6) is 0.910. The number of nitrogens with zero attached hydrogens (tertiary/aromatic N) is 3. The Morgan fingerprint density at radius 2 is 2.12 bits per heavy atom. The third kappa shape index (κ3) is 4.30. The predicted molar refractivity (Wildman–Crippen MR) is 88.9 cm³/mol. The minimum Gasteiger partial charge on any atom is -0.463 e. The number of nitrogens with one attached hydrogen (secondary N) is 1. The summed E-state index contributed by atoms with van der Waals surface area (Å²) in [6, 6.07) is 4.46. The molecule has 3 rings (SSSR count). The number of hydrogen-bond acceptors (Lipinski definition) is 9. The van der Waals surface area contributed by atoms with Gasteiger partial charge in [-0.05, 0) is 12.1 Å². The lowest BCUT2D eigenvalue weighted by molar-refractivity contribution is 0.0563. The number of H-pyrrole nitrogens is 1. The maximum absolute atomic E-state index is 11.6. The SMILES string of the molecule is COC(=O)c1ccc(CSc2nnc(CCn3ccc(=O)[nH]c3=O)o2)o1. The molecule has 26 heavy (non-hydrogen) atoms. The van der Waals surface area contributed by atoms with Crippen molar-refractivity contribution in [2.24, 2.45) is 0 Å². The van der Waals surface area contributed by atoms with Crippen molar-refractivity contribution in [2.45, 2.75) is 23.9 Å². The van der Waals surface area contributed by atoms with Crippen molar-refractivity contribution in [3.8, 4) is 0 Å². The number of rotatable bonds is 7. The van der Waals surface area contributed by atoms with Crippen LogP contribution >= 0.6 is 11.8 Å². The van der Waals surface area contributed by atoms with Gasteiger partial charge in [0, 0.05) is 25.2 Å². The number of ether oxygens (including phenoxy) is 1. The van der Waals surface area contributed by atoms with Crippen molar-refractivity contribution in [2.75, 3.05) is 7.11 Å². The van der Waals surface area contributed by atoms with E-state index in [1.807, 2.05) is 0 Å². The summed E-state index contributed by atoms with van der Waals surface area (Å²) in [4.78, 5) is 36.1. The zero-order valence-corrected chi connectivity index (χ0v) is 14.4. The number of esters is 1. The van der Waals surface area contributed by atoms with Gasteiger partial charge in [0.15, 0.2) is 0 Å². The molecule has 1 N–H and O–H groups in total. The van der Waals surface area contributed by atoms with Crippen LogP contribution in [0.15, 0.2) is 48.0 Å². The van der Waals surface area contributed by atoms with Gasteiger partial charge in [-0.3, -0.25) is 9.78 Å². The number of carbonyl (C=O) groups excluding carboxylic acids is 1. The molecule has 0 saturated heterocycles. The van der Waals surface area contributed by atoms with Crippen LogP contribution in [0.4, 0.5) is 0 Å². The maximum Gasteiger partial charge on any atom is 0.373 e. The van der Waals surface area contributed by atoms with Crippen molar-refractivity contribution in [1.82, 2.24) is 19.7 Å². The number of aromatic nitrogens is 4. The normalized spacial score (nSPS) is 10.8. The second-order valence-corrected chi connectivity index (χ2v) is 5.99. The van der Waals surface area contributed by atoms with E-state index in [1.54, 1.807) is 6.07 Å². The third-order valence-electron chi connectivity index (χ3n) is 3.30. The number of thioether (sulfide) groups is 1. The van der Waals surface area contributed by atoms with Crippen LogP contribution in [-0.4, -0.2) is 32.8 Å². The van der Waals surface area contributed by atoms with Gasteiger partial charge in [0.1, 0.15) is 5.76 Å². The predicted octanol–water partition coefficient (Wildman–Crippen LogP) is 0.834. The minimum atomic E-state index is -0.543. The van der Waals surface area contributed by atoms with Crippen LogP contribution in [0, 0.1) is 0 Å². The molecule has 0 radical (unpaired) electrons. The Bertz CT molecular complexity index is 1020. The number of aryl methyl sites for hydroxylation is 2. The molecule has 0 unspecified atom stereocenters. The summed E-state index contributed by atoms with van der Waals surface area (Å²) in [6.45, 7) is 0.294. The van der Waals surface area contributed by atoms with Crippen LogP contribution in [0.25, 0.3) is 0 Å². The van der Waals surface area contributed by atoms with Crippen LogP contribution in [-0.2, 0) is 23.5 Å². The van der Waals surface area contributed by atoms with E-state index in [4.69, 9.17) is 8.83 Å². The molecule has 0 aliphatic carbocycles. The van der Waals surface area contributed by atoms with E-state index < -0.39 is 17.2 Å². The van der Waals surface area contributed by atoms with E-state index >= 15 is 0 Å². The molecule has 0 fully saturated rings. The topological polar surface area (TPSA) is 133 Å². The molecule has 0 saturated carbocycles. The second-order valence-electron chi connectivity index (χ2n) is 5.06. The molecular formula is C15H14N4O6S. The first-order valence-corrected chi connectivity index (χ1v) is 8.45. The first-order chi connectivity index (χ1) is 12.5. The van der Waals surface area contributed by atoms with E-state index in [2.05, 4.69) is 19.9 Å². The molecule has 0 bridgehead atoms. The van der Waals surface area contributed by atoms with Crippen LogP contribution < -0.4 is 11.2 Å². The highest BCUT2D eigenvalue weighted by atomic mass is 32.2. The minimum absolute atomic E-state index is 0.126. The lowest BCUT2D eigenvalue weighted by atomic mass is 10.4. The van der Waals surface area contributed by atoms with Crippen molar-refractivity contribution in [1.29, 1.82) is 0 Å². The summed E-state index contributed by atoms with van der Waals surface area (Å²) < 4.78 is 16.7. The van der Waals surface area contributed by atoms with Gasteiger partial charge in [0.25, 0.3) is 10.8 Å². The quantitative estimate of drug-likeness (QED) is 0.469. The van der Waals surface area contributed by atoms with Crippen LogP contribution in [0.1, 0.15) is 22.2 Å². The van der Waals surface area contributed by atoms with E-state index in [-0.39, 0.29) is 5.76 Å². The van der Waals surface area contributed by atoms with Crippen molar-refractivity contribution in [3.63, 3.8) is 0 Å². The Hall–Kier alpha value is -3.08. The summed E-state index contributed by atoms with van der Waals surface area (Å²) >= 11 is 1.25. The average molecular weight is 378 g/mol. The highest BCUT2D eigenvalue weighted by Gasteiger charge is 2.13. The molecule has 3 aromatic heterocycles. The monoisotopic (exact) mass is 378 g/mol. The molecule has 3 aromatic rings. The Morgan fingerprint density at radius 3 is 2.88 bits per heavy atom. The van der Waals surface area contributed by atoms with E-state index in [9.17, 15) is 14.4 Å². The highest BCUT2D eigenvalue weighted by Crippen LogP contribution is 2.23. The second kappa shape index (κ2) is 7.87. The standard InChI is InChI=1S/C15H14N4O6S/c1-23-13(21)10-3-2-9(24-10)8-26-15-18-17-12(25-15)5-7-19-6-4-11(20)16-14(19)22/h2-4,6H,5,7-8H2,1H3,(H,16,20,22). The molecule has 0 spiro atoms. The summed E-state index contributed by atoms with van der Waals surface area (Å²) in [7, 11) is 1.28. The fraction of sp³-hybridized carbons (Fsp3) is 0.267. The summed E-state index contributed by atoms with van der Waals surface area (Å²) in [5, 5.41) is 8.15. The number of hydrogen-bond donors (Lipinski definition) is 1. The number of aromatic amines is 1. The summed E-state index contributed by atoms with van der Waals surface area (Å²) in [5.41, 5.74) is -0.943. The molecule has 136 valence electrons. The van der Waals surface area contributed by atoms with Gasteiger partial charge >= 0.3 is 11.7 Å². The smallest absolute Gasteiger partial charge is 0.373 e. The third-order valence-corrected chi connectivity index (χ3v) is 4.14.